The molecule has 2 aromatic rings. The lowest BCUT2D eigenvalue weighted by molar-refractivity contribution is 0.0953. The van der Waals surface area contributed by atoms with Crippen LogP contribution in [-0.4, -0.2) is 31.4 Å². The lowest BCUT2D eigenvalue weighted by atomic mass is 10.1. The van der Waals surface area contributed by atoms with Crippen molar-refractivity contribution in [1.29, 1.82) is 0 Å². The number of ether oxygens (including phenoxy) is 3. The molecular formula is C21H25FN2O4. The van der Waals surface area contributed by atoms with Gasteiger partial charge < -0.3 is 14.2 Å². The van der Waals surface area contributed by atoms with E-state index in [1.807, 2.05) is 20.8 Å². The molecule has 0 bridgehead atoms. The summed E-state index contributed by atoms with van der Waals surface area (Å²) in [6.07, 6.45) is 0. The average Bonchev–Trinajstić information content (AvgIpc) is 2.68. The Morgan fingerprint density at radius 2 is 1.57 bits per heavy atom. The number of amides is 1. The number of nitrogens with zero attached hydrogens (tertiary/aromatic N) is 1. The fourth-order valence-corrected chi connectivity index (χ4v) is 2.50. The minimum atomic E-state index is -0.444. The Labute approximate surface area is 164 Å². The van der Waals surface area contributed by atoms with Crippen LogP contribution in [0.25, 0.3) is 0 Å². The van der Waals surface area contributed by atoms with Crippen molar-refractivity contribution in [3.05, 3.63) is 53.3 Å². The maximum absolute atomic E-state index is 13.3. The van der Waals surface area contributed by atoms with Crippen LogP contribution in [0.15, 0.2) is 41.5 Å². The number of hydrazone groups is 1. The van der Waals surface area contributed by atoms with E-state index in [0.29, 0.717) is 53.9 Å². The predicted molar refractivity (Wildman–Crippen MR) is 106 cm³/mol. The van der Waals surface area contributed by atoms with E-state index in [9.17, 15) is 9.18 Å². The highest BCUT2D eigenvalue weighted by Gasteiger charge is 2.18. The van der Waals surface area contributed by atoms with Gasteiger partial charge in [-0.1, -0.05) is 12.1 Å². The Balaban J connectivity index is 2.29. The molecule has 0 aliphatic carbocycles. The third-order valence-electron chi connectivity index (χ3n) is 3.74. The minimum absolute atomic E-state index is 0.311. The largest absolute Gasteiger partial charge is 0.490 e. The number of carbonyl (C=O) groups excluding carboxylic acids is 1. The topological polar surface area (TPSA) is 69.2 Å². The van der Waals surface area contributed by atoms with Crippen molar-refractivity contribution in [2.24, 2.45) is 5.10 Å². The summed E-state index contributed by atoms with van der Waals surface area (Å²) in [6.45, 7) is 8.48. The Morgan fingerprint density at radius 1 is 0.964 bits per heavy atom. The van der Waals surface area contributed by atoms with Gasteiger partial charge in [0.1, 0.15) is 5.82 Å². The second-order valence-corrected chi connectivity index (χ2v) is 5.75. The standard InChI is InChI=1S/C21H25FN2O4/c1-5-26-18-12-16(13-19(27-6-2)20(18)28-7-3)21(25)24-23-14(4)15-9-8-10-17(22)11-15/h8-13H,5-7H2,1-4H3,(H,24,25)/b23-14+. The molecule has 0 aliphatic heterocycles. The molecule has 0 unspecified atom stereocenters. The number of hydrogen-bond donors (Lipinski definition) is 1. The summed E-state index contributed by atoms with van der Waals surface area (Å²) in [4.78, 5) is 12.6. The van der Waals surface area contributed by atoms with Crippen LogP contribution >= 0.6 is 0 Å². The Kier molecular flexibility index (Phi) is 7.80. The maximum Gasteiger partial charge on any atom is 0.271 e. The van der Waals surface area contributed by atoms with E-state index in [0.717, 1.165) is 0 Å². The summed E-state index contributed by atoms with van der Waals surface area (Å²) in [7, 11) is 0. The number of halogens is 1. The smallest absolute Gasteiger partial charge is 0.271 e. The highest BCUT2D eigenvalue weighted by atomic mass is 19.1. The minimum Gasteiger partial charge on any atom is -0.490 e. The first-order valence-electron chi connectivity index (χ1n) is 9.17. The molecule has 2 rings (SSSR count). The van der Waals surface area contributed by atoms with Crippen molar-refractivity contribution in [2.45, 2.75) is 27.7 Å². The van der Waals surface area contributed by atoms with Gasteiger partial charge in [0.15, 0.2) is 11.5 Å². The lowest BCUT2D eigenvalue weighted by Crippen LogP contribution is -2.20. The number of benzene rings is 2. The van der Waals surface area contributed by atoms with Crippen LogP contribution < -0.4 is 19.6 Å². The van der Waals surface area contributed by atoms with E-state index in [1.165, 1.54) is 12.1 Å². The number of hydrogen-bond acceptors (Lipinski definition) is 5. The monoisotopic (exact) mass is 388 g/mol. The van der Waals surface area contributed by atoms with E-state index in [4.69, 9.17) is 14.2 Å². The molecule has 1 amide bonds. The SMILES string of the molecule is CCOc1cc(C(=O)N/N=C(\C)c2cccc(F)c2)cc(OCC)c1OCC. The van der Waals surface area contributed by atoms with Gasteiger partial charge in [-0.25, -0.2) is 9.82 Å². The summed E-state index contributed by atoms with van der Waals surface area (Å²) in [5.74, 6) is 0.494. The maximum atomic E-state index is 13.3. The fourth-order valence-electron chi connectivity index (χ4n) is 2.50. The molecule has 1 N–H and O–H groups in total. The highest BCUT2D eigenvalue weighted by molar-refractivity contribution is 6.01. The van der Waals surface area contributed by atoms with E-state index in [2.05, 4.69) is 10.5 Å². The zero-order valence-corrected chi connectivity index (χ0v) is 16.5. The molecule has 0 saturated carbocycles. The van der Waals surface area contributed by atoms with Gasteiger partial charge in [-0.15, -0.1) is 0 Å². The number of rotatable bonds is 9. The second kappa shape index (κ2) is 10.3. The summed E-state index contributed by atoms with van der Waals surface area (Å²) in [5, 5.41) is 4.06. The second-order valence-electron chi connectivity index (χ2n) is 5.75. The van der Waals surface area contributed by atoms with E-state index in [-0.39, 0.29) is 5.82 Å². The first kappa shape index (κ1) is 21.2. The normalized spacial score (nSPS) is 11.1. The van der Waals surface area contributed by atoms with Crippen LogP contribution in [0.4, 0.5) is 4.39 Å². The van der Waals surface area contributed by atoms with Crippen molar-refractivity contribution in [1.82, 2.24) is 5.43 Å². The molecule has 28 heavy (non-hydrogen) atoms. The molecule has 6 nitrogen and oxygen atoms in total. The van der Waals surface area contributed by atoms with Gasteiger partial charge in [0.2, 0.25) is 5.75 Å². The zero-order valence-electron chi connectivity index (χ0n) is 16.5. The molecule has 0 aliphatic rings. The molecule has 0 heterocycles. The van der Waals surface area contributed by atoms with Gasteiger partial charge in [-0.2, -0.15) is 5.10 Å². The molecule has 0 spiro atoms. The molecule has 0 saturated heterocycles. The number of nitrogens with one attached hydrogen (secondary N) is 1. The van der Waals surface area contributed by atoms with E-state index >= 15 is 0 Å². The van der Waals surface area contributed by atoms with Crippen molar-refractivity contribution in [2.75, 3.05) is 19.8 Å². The molecular weight excluding hydrogens is 363 g/mol. The van der Waals surface area contributed by atoms with Gasteiger partial charge in [-0.3, -0.25) is 4.79 Å². The Bertz CT molecular complexity index is 825. The molecule has 0 aromatic heterocycles. The van der Waals surface area contributed by atoms with Crippen LogP contribution in [0.2, 0.25) is 0 Å². The summed E-state index contributed by atoms with van der Waals surface area (Å²) >= 11 is 0. The third kappa shape index (κ3) is 5.45. The van der Waals surface area contributed by atoms with Gasteiger partial charge in [0, 0.05) is 11.1 Å². The Morgan fingerprint density at radius 3 is 2.11 bits per heavy atom. The molecule has 0 atom stereocenters. The molecule has 0 radical (unpaired) electrons. The first-order valence-corrected chi connectivity index (χ1v) is 9.17. The van der Waals surface area contributed by atoms with Crippen LogP contribution in [-0.2, 0) is 0 Å². The highest BCUT2D eigenvalue weighted by Crippen LogP contribution is 2.39. The van der Waals surface area contributed by atoms with Gasteiger partial charge in [0.25, 0.3) is 5.91 Å². The van der Waals surface area contributed by atoms with Crippen molar-refractivity contribution >= 4 is 11.6 Å². The zero-order chi connectivity index (χ0) is 20.5. The van der Waals surface area contributed by atoms with Gasteiger partial charge in [-0.05, 0) is 52.0 Å². The third-order valence-corrected chi connectivity index (χ3v) is 3.74. The quantitative estimate of drug-likeness (QED) is 0.517. The van der Waals surface area contributed by atoms with Crippen LogP contribution in [0.3, 0.4) is 0 Å². The summed E-state index contributed by atoms with van der Waals surface area (Å²) in [5.41, 5.74) is 3.85. The molecule has 2 aromatic carbocycles. The molecule has 150 valence electrons. The van der Waals surface area contributed by atoms with Crippen LogP contribution in [0.5, 0.6) is 17.2 Å². The van der Waals surface area contributed by atoms with Gasteiger partial charge in [0.05, 0.1) is 25.5 Å². The van der Waals surface area contributed by atoms with Crippen molar-refractivity contribution in [3.8, 4) is 17.2 Å². The molecule has 0 fully saturated rings. The van der Waals surface area contributed by atoms with Gasteiger partial charge >= 0.3 is 0 Å². The van der Waals surface area contributed by atoms with E-state index < -0.39 is 5.91 Å². The van der Waals surface area contributed by atoms with Crippen LogP contribution in [0, 0.1) is 5.82 Å². The lowest BCUT2D eigenvalue weighted by Gasteiger charge is -2.16. The molecule has 7 heteroatoms. The van der Waals surface area contributed by atoms with Crippen molar-refractivity contribution in [3.63, 3.8) is 0 Å². The van der Waals surface area contributed by atoms with E-state index in [1.54, 1.807) is 31.2 Å². The van der Waals surface area contributed by atoms with Crippen LogP contribution in [0.1, 0.15) is 43.6 Å². The predicted octanol–water partition coefficient (Wildman–Crippen LogP) is 4.18. The Hall–Kier alpha value is -3.09. The first-order chi connectivity index (χ1) is 13.5. The fraction of sp³-hybridized carbons (Fsp3) is 0.333. The number of carbonyl (C=O) groups is 1. The summed E-state index contributed by atoms with van der Waals surface area (Å²) in [6, 6.07) is 9.16. The summed E-state index contributed by atoms with van der Waals surface area (Å²) < 4.78 is 30.2. The average molecular weight is 388 g/mol. The van der Waals surface area contributed by atoms with Crippen molar-refractivity contribution < 1.29 is 23.4 Å².